The maximum Gasteiger partial charge on any atom is 0.260 e. The topological polar surface area (TPSA) is 126 Å². The van der Waals surface area contributed by atoms with E-state index >= 15 is 0 Å². The van der Waals surface area contributed by atoms with Crippen LogP contribution in [0.1, 0.15) is 11.3 Å². The van der Waals surface area contributed by atoms with Crippen LogP contribution in [0.25, 0.3) is 10.9 Å². The summed E-state index contributed by atoms with van der Waals surface area (Å²) in [6.07, 6.45) is 1.62. The number of methoxy groups -OCH3 is 1. The van der Waals surface area contributed by atoms with E-state index in [1.54, 1.807) is 19.2 Å². The lowest BCUT2D eigenvalue weighted by molar-refractivity contribution is 0.398. The van der Waals surface area contributed by atoms with Gasteiger partial charge in [0, 0.05) is 31.0 Å². The van der Waals surface area contributed by atoms with Gasteiger partial charge in [-0.15, -0.1) is 0 Å². The van der Waals surface area contributed by atoms with Crippen LogP contribution in [-0.4, -0.2) is 33.2 Å². The molecule has 0 aliphatic carbocycles. The molecule has 3 heterocycles. The van der Waals surface area contributed by atoms with Crippen molar-refractivity contribution in [2.45, 2.75) is 13.5 Å². The van der Waals surface area contributed by atoms with Gasteiger partial charge >= 0.3 is 0 Å². The molecule has 0 spiro atoms. The summed E-state index contributed by atoms with van der Waals surface area (Å²) in [7, 11) is 1.42. The van der Waals surface area contributed by atoms with Gasteiger partial charge < -0.3 is 14.6 Å². The third kappa shape index (κ3) is 3.39. The maximum atomic E-state index is 12.6. The van der Waals surface area contributed by atoms with Gasteiger partial charge in [-0.25, -0.2) is 9.97 Å². The molecule has 0 atom stereocenters. The number of aryl methyl sites for hydroxylation is 1. The minimum absolute atomic E-state index is 0.188. The first kappa shape index (κ1) is 17.2. The molecule has 0 fully saturated rings. The molecule has 132 valence electrons. The average Bonchev–Trinajstić information content (AvgIpc) is 2.62. The number of aromatic amines is 1. The number of H-pyrrole nitrogens is 1. The number of ether oxygens (including phenoxy) is 1. The molecule has 0 unspecified atom stereocenters. The summed E-state index contributed by atoms with van der Waals surface area (Å²) in [4.78, 5) is 35.0. The van der Waals surface area contributed by atoms with E-state index in [1.807, 2.05) is 6.07 Å². The van der Waals surface area contributed by atoms with E-state index in [1.165, 1.54) is 23.8 Å². The van der Waals surface area contributed by atoms with E-state index in [0.717, 1.165) is 0 Å². The van der Waals surface area contributed by atoms with E-state index < -0.39 is 0 Å². The zero-order valence-electron chi connectivity index (χ0n) is 14.2. The maximum absolute atomic E-state index is 12.6. The largest absolute Gasteiger partial charge is 0.480 e. The fraction of sp³-hybridized carbons (Fsp3) is 0.235. The number of rotatable bonds is 5. The Hall–Kier alpha value is -3.67. The van der Waals surface area contributed by atoms with Crippen molar-refractivity contribution >= 4 is 16.9 Å². The van der Waals surface area contributed by atoms with Crippen molar-refractivity contribution in [3.8, 4) is 11.9 Å². The molecule has 0 aliphatic heterocycles. The van der Waals surface area contributed by atoms with Crippen LogP contribution >= 0.6 is 0 Å². The molecule has 9 nitrogen and oxygen atoms in total. The standard InChI is InChI=1S/C17H16N6O3/c1-10-7-14(24)22-17(20-10)19-4-6-23-5-3-13-12(16(23)25)8-11(9-18)15(21-13)26-2/h3,5,7-8H,4,6H2,1-2H3,(H2,19,20,22,24). The van der Waals surface area contributed by atoms with Crippen LogP contribution in [0, 0.1) is 18.3 Å². The highest BCUT2D eigenvalue weighted by Gasteiger charge is 2.11. The summed E-state index contributed by atoms with van der Waals surface area (Å²) in [5.74, 6) is 0.537. The van der Waals surface area contributed by atoms with Crippen LogP contribution in [0.4, 0.5) is 5.95 Å². The first-order chi connectivity index (χ1) is 12.5. The summed E-state index contributed by atoms with van der Waals surface area (Å²) in [5, 5.41) is 12.5. The Morgan fingerprint density at radius 2 is 2.15 bits per heavy atom. The van der Waals surface area contributed by atoms with Crippen molar-refractivity contribution in [3.63, 3.8) is 0 Å². The second kappa shape index (κ2) is 7.06. The number of anilines is 1. The second-order valence-corrected chi connectivity index (χ2v) is 5.57. The van der Waals surface area contributed by atoms with Crippen molar-refractivity contribution in [3.05, 3.63) is 56.4 Å². The fourth-order valence-corrected chi connectivity index (χ4v) is 2.56. The molecule has 0 bridgehead atoms. The van der Waals surface area contributed by atoms with Gasteiger partial charge in [-0.1, -0.05) is 0 Å². The number of nitrogens with one attached hydrogen (secondary N) is 2. The van der Waals surface area contributed by atoms with E-state index in [2.05, 4.69) is 20.3 Å². The molecule has 0 saturated heterocycles. The molecule has 2 N–H and O–H groups in total. The fourth-order valence-electron chi connectivity index (χ4n) is 2.56. The molecule has 0 aromatic carbocycles. The van der Waals surface area contributed by atoms with Crippen molar-refractivity contribution < 1.29 is 4.74 Å². The van der Waals surface area contributed by atoms with Crippen LogP contribution in [-0.2, 0) is 6.54 Å². The Morgan fingerprint density at radius 1 is 1.35 bits per heavy atom. The van der Waals surface area contributed by atoms with Crippen molar-refractivity contribution in [2.75, 3.05) is 19.0 Å². The summed E-state index contributed by atoms with van der Waals surface area (Å²) in [6.45, 7) is 2.45. The van der Waals surface area contributed by atoms with Gasteiger partial charge in [-0.05, 0) is 19.1 Å². The lowest BCUT2D eigenvalue weighted by Crippen LogP contribution is -2.24. The molecule has 3 rings (SSSR count). The predicted molar refractivity (Wildman–Crippen MR) is 95.4 cm³/mol. The Balaban J connectivity index is 1.84. The first-order valence-corrected chi connectivity index (χ1v) is 7.82. The van der Waals surface area contributed by atoms with E-state index in [-0.39, 0.29) is 22.6 Å². The SMILES string of the molecule is COc1nc2ccn(CCNc3nc(C)cc(=O)[nH]3)c(=O)c2cc1C#N. The van der Waals surface area contributed by atoms with Crippen LogP contribution in [0.5, 0.6) is 5.88 Å². The van der Waals surface area contributed by atoms with Crippen LogP contribution in [0.2, 0.25) is 0 Å². The normalized spacial score (nSPS) is 10.5. The Kier molecular flexibility index (Phi) is 4.66. The molecular weight excluding hydrogens is 336 g/mol. The zero-order chi connectivity index (χ0) is 18.7. The van der Waals surface area contributed by atoms with Gasteiger partial charge in [0.1, 0.15) is 11.6 Å². The van der Waals surface area contributed by atoms with Crippen LogP contribution in [0.15, 0.2) is 34.0 Å². The van der Waals surface area contributed by atoms with E-state index in [0.29, 0.717) is 35.6 Å². The third-order valence-corrected chi connectivity index (χ3v) is 3.75. The van der Waals surface area contributed by atoms with Gasteiger partial charge in [0.05, 0.1) is 18.0 Å². The van der Waals surface area contributed by atoms with Gasteiger partial charge in [0.2, 0.25) is 11.8 Å². The Morgan fingerprint density at radius 3 is 2.85 bits per heavy atom. The third-order valence-electron chi connectivity index (χ3n) is 3.75. The molecule has 0 aliphatic rings. The quantitative estimate of drug-likeness (QED) is 0.695. The first-order valence-electron chi connectivity index (χ1n) is 7.82. The molecule has 0 amide bonds. The number of nitriles is 1. The van der Waals surface area contributed by atoms with Crippen molar-refractivity contribution in [1.29, 1.82) is 5.26 Å². The molecule has 3 aromatic rings. The number of pyridine rings is 2. The van der Waals surface area contributed by atoms with Gasteiger partial charge in [-0.3, -0.25) is 14.6 Å². The van der Waals surface area contributed by atoms with E-state index in [4.69, 9.17) is 10.00 Å². The summed E-state index contributed by atoms with van der Waals surface area (Å²) in [6, 6.07) is 6.53. The van der Waals surface area contributed by atoms with Crippen molar-refractivity contribution in [1.82, 2.24) is 19.5 Å². The Bertz CT molecular complexity index is 1130. The Labute approximate surface area is 147 Å². The highest BCUT2D eigenvalue weighted by Crippen LogP contribution is 2.18. The second-order valence-electron chi connectivity index (χ2n) is 5.57. The molecule has 0 radical (unpaired) electrons. The van der Waals surface area contributed by atoms with E-state index in [9.17, 15) is 9.59 Å². The van der Waals surface area contributed by atoms with Gasteiger partial charge in [-0.2, -0.15) is 5.26 Å². The molecule has 9 heteroatoms. The number of nitrogens with zero attached hydrogens (tertiary/aromatic N) is 4. The van der Waals surface area contributed by atoms with Crippen molar-refractivity contribution in [2.24, 2.45) is 0 Å². The molecule has 26 heavy (non-hydrogen) atoms. The number of hydrogen-bond donors (Lipinski definition) is 2. The monoisotopic (exact) mass is 352 g/mol. The number of fused-ring (bicyclic) bond motifs is 1. The summed E-state index contributed by atoms with van der Waals surface area (Å²) in [5.41, 5.74) is 0.756. The van der Waals surface area contributed by atoms with Crippen LogP contribution in [0.3, 0.4) is 0 Å². The highest BCUT2D eigenvalue weighted by atomic mass is 16.5. The lowest BCUT2D eigenvalue weighted by atomic mass is 10.2. The lowest BCUT2D eigenvalue weighted by Gasteiger charge is -2.10. The molecule has 0 saturated carbocycles. The zero-order valence-corrected chi connectivity index (χ0v) is 14.2. The number of hydrogen-bond acceptors (Lipinski definition) is 7. The summed E-state index contributed by atoms with van der Waals surface area (Å²) >= 11 is 0. The van der Waals surface area contributed by atoms with Gasteiger partial charge in [0.15, 0.2) is 0 Å². The highest BCUT2D eigenvalue weighted by molar-refractivity contribution is 5.79. The number of aromatic nitrogens is 4. The summed E-state index contributed by atoms with van der Waals surface area (Å²) < 4.78 is 6.56. The smallest absolute Gasteiger partial charge is 0.260 e. The average molecular weight is 352 g/mol. The minimum atomic E-state index is -0.262. The molecular formula is C17H16N6O3. The van der Waals surface area contributed by atoms with Gasteiger partial charge in [0.25, 0.3) is 11.1 Å². The minimum Gasteiger partial charge on any atom is -0.480 e. The van der Waals surface area contributed by atoms with Crippen LogP contribution < -0.4 is 21.2 Å². The predicted octanol–water partition coefficient (Wildman–Crippen LogP) is 0.781. The molecule has 3 aromatic heterocycles.